The number of piperazine rings is 1. The van der Waals surface area contributed by atoms with Crippen molar-refractivity contribution in [2.24, 2.45) is 5.92 Å². The second-order valence-corrected chi connectivity index (χ2v) is 5.53. The van der Waals surface area contributed by atoms with E-state index in [4.69, 9.17) is 0 Å². The summed E-state index contributed by atoms with van der Waals surface area (Å²) in [6.07, 6.45) is 5.43. The highest BCUT2D eigenvalue weighted by Crippen LogP contribution is 2.26. The second-order valence-electron chi connectivity index (χ2n) is 5.53. The van der Waals surface area contributed by atoms with Gasteiger partial charge < -0.3 is 15.1 Å². The van der Waals surface area contributed by atoms with Gasteiger partial charge >= 0.3 is 6.03 Å². The van der Waals surface area contributed by atoms with Crippen molar-refractivity contribution in [1.82, 2.24) is 15.1 Å². The summed E-state index contributed by atoms with van der Waals surface area (Å²) in [5.41, 5.74) is 0. The molecule has 2 rings (SSSR count). The molecule has 19 heavy (non-hydrogen) atoms. The summed E-state index contributed by atoms with van der Waals surface area (Å²) in [7, 11) is 0. The maximum atomic E-state index is 12.3. The summed E-state index contributed by atoms with van der Waals surface area (Å²) < 4.78 is 0. The lowest BCUT2D eigenvalue weighted by Gasteiger charge is -2.35. The minimum absolute atomic E-state index is 0.00909. The van der Waals surface area contributed by atoms with Crippen molar-refractivity contribution in [3.8, 4) is 0 Å². The molecule has 0 aromatic carbocycles. The third-order valence-electron chi connectivity index (χ3n) is 4.11. The molecule has 0 unspecified atom stereocenters. The molecule has 0 aromatic heterocycles. The number of hydrogen-bond donors (Lipinski definition) is 1. The highest BCUT2D eigenvalue weighted by Gasteiger charge is 2.30. The third kappa shape index (κ3) is 3.61. The van der Waals surface area contributed by atoms with Crippen LogP contribution in [0.15, 0.2) is 0 Å². The maximum Gasteiger partial charge on any atom is 0.317 e. The summed E-state index contributed by atoms with van der Waals surface area (Å²) in [4.78, 5) is 27.8. The number of rotatable bonds is 3. The standard InChI is InChI=1S/C14H25N3O2/c1-2-7-15-14(19)17-10-8-16(9-11-17)13(18)12-5-3-4-6-12/h12H,2-11H2,1H3,(H,15,19). The topological polar surface area (TPSA) is 52.7 Å². The zero-order valence-corrected chi connectivity index (χ0v) is 11.9. The van der Waals surface area contributed by atoms with Gasteiger partial charge in [0.25, 0.3) is 0 Å². The van der Waals surface area contributed by atoms with E-state index in [1.807, 2.05) is 16.7 Å². The van der Waals surface area contributed by atoms with Gasteiger partial charge in [0.1, 0.15) is 0 Å². The van der Waals surface area contributed by atoms with Crippen molar-refractivity contribution < 1.29 is 9.59 Å². The number of hydrogen-bond acceptors (Lipinski definition) is 2. The van der Waals surface area contributed by atoms with Crippen molar-refractivity contribution in [3.63, 3.8) is 0 Å². The second kappa shape index (κ2) is 6.78. The predicted molar refractivity (Wildman–Crippen MR) is 73.8 cm³/mol. The Morgan fingerprint density at radius 2 is 1.63 bits per heavy atom. The fourth-order valence-electron chi connectivity index (χ4n) is 2.90. The monoisotopic (exact) mass is 267 g/mol. The molecule has 2 aliphatic rings. The first-order chi connectivity index (χ1) is 9.22. The summed E-state index contributed by atoms with van der Waals surface area (Å²) in [6, 6.07) is 0.00909. The number of nitrogens with one attached hydrogen (secondary N) is 1. The number of nitrogens with zero attached hydrogens (tertiary/aromatic N) is 2. The molecular weight excluding hydrogens is 242 g/mol. The first-order valence-corrected chi connectivity index (χ1v) is 7.54. The summed E-state index contributed by atoms with van der Waals surface area (Å²) in [6.45, 7) is 5.46. The van der Waals surface area contributed by atoms with Crippen LogP contribution in [0.4, 0.5) is 4.79 Å². The molecule has 5 heteroatoms. The average Bonchev–Trinajstić information content (AvgIpc) is 2.98. The van der Waals surface area contributed by atoms with Gasteiger partial charge in [0.05, 0.1) is 0 Å². The lowest BCUT2D eigenvalue weighted by molar-refractivity contribution is -0.136. The Bertz CT molecular complexity index is 319. The van der Waals surface area contributed by atoms with Crippen LogP contribution in [-0.4, -0.2) is 54.5 Å². The van der Waals surface area contributed by atoms with Crippen molar-refractivity contribution in [2.45, 2.75) is 39.0 Å². The molecule has 108 valence electrons. The van der Waals surface area contributed by atoms with Crippen molar-refractivity contribution in [2.75, 3.05) is 32.7 Å². The molecule has 1 N–H and O–H groups in total. The van der Waals surface area contributed by atoms with E-state index >= 15 is 0 Å². The van der Waals surface area contributed by atoms with E-state index < -0.39 is 0 Å². The molecule has 0 radical (unpaired) electrons. The van der Waals surface area contributed by atoms with Crippen LogP contribution < -0.4 is 5.32 Å². The highest BCUT2D eigenvalue weighted by atomic mass is 16.2. The smallest absolute Gasteiger partial charge is 0.317 e. The third-order valence-corrected chi connectivity index (χ3v) is 4.11. The Hall–Kier alpha value is -1.26. The van der Waals surface area contributed by atoms with Crippen molar-refractivity contribution >= 4 is 11.9 Å². The molecule has 1 aliphatic carbocycles. The van der Waals surface area contributed by atoms with Crippen LogP contribution in [0.3, 0.4) is 0 Å². The first kappa shape index (κ1) is 14.2. The molecule has 1 saturated heterocycles. The Morgan fingerprint density at radius 1 is 1.05 bits per heavy atom. The zero-order valence-electron chi connectivity index (χ0n) is 11.9. The molecule has 0 atom stereocenters. The van der Waals surface area contributed by atoms with Crippen LogP contribution in [0.5, 0.6) is 0 Å². The predicted octanol–water partition coefficient (Wildman–Crippen LogP) is 1.44. The first-order valence-electron chi connectivity index (χ1n) is 7.54. The Labute approximate surface area is 115 Å². The number of urea groups is 1. The fourth-order valence-corrected chi connectivity index (χ4v) is 2.90. The molecule has 1 saturated carbocycles. The Kier molecular flexibility index (Phi) is 5.05. The number of carbonyl (C=O) groups excluding carboxylic acids is 2. The van der Waals surface area contributed by atoms with E-state index in [1.165, 1.54) is 12.8 Å². The van der Waals surface area contributed by atoms with E-state index in [-0.39, 0.29) is 11.9 Å². The van der Waals surface area contributed by atoms with Gasteiger partial charge in [-0.2, -0.15) is 0 Å². The molecule has 0 bridgehead atoms. The molecule has 2 fully saturated rings. The molecule has 3 amide bonds. The number of carbonyl (C=O) groups is 2. The van der Waals surface area contributed by atoms with Crippen LogP contribution in [0.2, 0.25) is 0 Å². The van der Waals surface area contributed by atoms with Gasteiger partial charge in [-0.15, -0.1) is 0 Å². The molecule has 0 spiro atoms. The van der Waals surface area contributed by atoms with Gasteiger partial charge in [0, 0.05) is 38.6 Å². The van der Waals surface area contributed by atoms with Crippen LogP contribution in [0, 0.1) is 5.92 Å². The summed E-state index contributed by atoms with van der Waals surface area (Å²) in [5.74, 6) is 0.562. The average molecular weight is 267 g/mol. The lowest BCUT2D eigenvalue weighted by Crippen LogP contribution is -2.54. The molecule has 1 heterocycles. The van der Waals surface area contributed by atoms with Crippen LogP contribution >= 0.6 is 0 Å². The van der Waals surface area contributed by atoms with Gasteiger partial charge in [-0.05, 0) is 19.3 Å². The summed E-state index contributed by atoms with van der Waals surface area (Å²) >= 11 is 0. The van der Waals surface area contributed by atoms with Crippen LogP contribution in [0.1, 0.15) is 39.0 Å². The normalized spacial score (nSPS) is 20.7. The molecular formula is C14H25N3O2. The van der Waals surface area contributed by atoms with E-state index in [1.54, 1.807) is 0 Å². The summed E-state index contributed by atoms with van der Waals surface area (Å²) in [5, 5.41) is 2.88. The quantitative estimate of drug-likeness (QED) is 0.841. The van der Waals surface area contributed by atoms with Crippen molar-refractivity contribution in [3.05, 3.63) is 0 Å². The van der Waals surface area contributed by atoms with Gasteiger partial charge in [-0.25, -0.2) is 4.79 Å². The van der Waals surface area contributed by atoms with E-state index in [0.29, 0.717) is 32.1 Å². The number of amides is 3. The Balaban J connectivity index is 1.75. The zero-order chi connectivity index (χ0) is 13.7. The van der Waals surface area contributed by atoms with E-state index in [0.717, 1.165) is 25.8 Å². The minimum Gasteiger partial charge on any atom is -0.339 e. The van der Waals surface area contributed by atoms with Crippen LogP contribution in [-0.2, 0) is 4.79 Å². The van der Waals surface area contributed by atoms with Gasteiger partial charge in [0.2, 0.25) is 5.91 Å². The largest absolute Gasteiger partial charge is 0.339 e. The van der Waals surface area contributed by atoms with Gasteiger partial charge in [0.15, 0.2) is 0 Å². The maximum absolute atomic E-state index is 12.3. The van der Waals surface area contributed by atoms with Crippen molar-refractivity contribution in [1.29, 1.82) is 0 Å². The molecule has 0 aromatic rings. The van der Waals surface area contributed by atoms with Gasteiger partial charge in [-0.1, -0.05) is 19.8 Å². The van der Waals surface area contributed by atoms with Gasteiger partial charge in [-0.3, -0.25) is 4.79 Å². The van der Waals surface area contributed by atoms with E-state index in [9.17, 15) is 9.59 Å². The lowest BCUT2D eigenvalue weighted by atomic mass is 10.1. The van der Waals surface area contributed by atoms with Crippen LogP contribution in [0.25, 0.3) is 0 Å². The molecule has 1 aliphatic heterocycles. The SMILES string of the molecule is CCCNC(=O)N1CCN(C(=O)C2CCCC2)CC1. The minimum atomic E-state index is 0.00909. The fraction of sp³-hybridized carbons (Fsp3) is 0.857. The Morgan fingerprint density at radius 3 is 2.21 bits per heavy atom. The van der Waals surface area contributed by atoms with E-state index in [2.05, 4.69) is 5.32 Å². The highest BCUT2D eigenvalue weighted by molar-refractivity contribution is 5.80. The molecule has 5 nitrogen and oxygen atoms in total.